The second-order valence-electron chi connectivity index (χ2n) is 6.03. The zero-order valence-corrected chi connectivity index (χ0v) is 14.1. The van der Waals surface area contributed by atoms with E-state index in [9.17, 15) is 14.4 Å². The summed E-state index contributed by atoms with van der Waals surface area (Å²) in [6.07, 6.45) is 0. The van der Waals surface area contributed by atoms with Crippen LogP contribution in [0.4, 0.5) is 0 Å². The lowest BCUT2D eigenvalue weighted by atomic mass is 10.1. The van der Waals surface area contributed by atoms with Crippen LogP contribution in [0.5, 0.6) is 11.5 Å². The quantitative estimate of drug-likeness (QED) is 0.665. The molecule has 0 aliphatic carbocycles. The number of fused-ring (bicyclic) bond motifs is 2. The number of nitrogens with zero attached hydrogens (tertiary/aromatic N) is 2. The zero-order chi connectivity index (χ0) is 18.3. The van der Waals surface area contributed by atoms with Gasteiger partial charge in [-0.3, -0.25) is 18.7 Å². The summed E-state index contributed by atoms with van der Waals surface area (Å²) in [5.74, 6) is 0.852. The van der Waals surface area contributed by atoms with Gasteiger partial charge < -0.3 is 9.47 Å². The van der Waals surface area contributed by atoms with Gasteiger partial charge in [0.05, 0.1) is 17.4 Å². The molecule has 2 heterocycles. The van der Waals surface area contributed by atoms with E-state index in [4.69, 9.17) is 9.47 Å². The summed E-state index contributed by atoms with van der Waals surface area (Å²) < 4.78 is 13.3. The van der Waals surface area contributed by atoms with Crippen LogP contribution in [0.2, 0.25) is 0 Å². The summed E-state index contributed by atoms with van der Waals surface area (Å²) in [5.41, 5.74) is -0.0567. The van der Waals surface area contributed by atoms with Crippen LogP contribution in [0.15, 0.2) is 52.1 Å². The Balaban J connectivity index is 1.77. The van der Waals surface area contributed by atoms with Gasteiger partial charge in [0.1, 0.15) is 13.2 Å². The second-order valence-corrected chi connectivity index (χ2v) is 6.03. The van der Waals surface area contributed by atoms with Crippen LogP contribution >= 0.6 is 0 Å². The van der Waals surface area contributed by atoms with Gasteiger partial charge in [-0.25, -0.2) is 4.79 Å². The maximum absolute atomic E-state index is 12.7. The monoisotopic (exact) mass is 352 g/mol. The highest BCUT2D eigenvalue weighted by Crippen LogP contribution is 2.31. The largest absolute Gasteiger partial charge is 0.486 e. The molecule has 7 heteroatoms. The van der Waals surface area contributed by atoms with Crippen molar-refractivity contribution in [3.63, 3.8) is 0 Å². The van der Waals surface area contributed by atoms with Gasteiger partial charge in [-0.2, -0.15) is 0 Å². The summed E-state index contributed by atoms with van der Waals surface area (Å²) >= 11 is 0. The molecule has 1 aliphatic rings. The third-order valence-corrected chi connectivity index (χ3v) is 4.41. The first-order chi connectivity index (χ1) is 12.6. The first-order valence-electron chi connectivity index (χ1n) is 8.17. The molecule has 0 bridgehead atoms. The van der Waals surface area contributed by atoms with Gasteiger partial charge in [0.15, 0.2) is 17.3 Å². The Bertz CT molecular complexity index is 1140. The van der Waals surface area contributed by atoms with Crippen molar-refractivity contribution < 1.29 is 14.3 Å². The minimum Gasteiger partial charge on any atom is -0.486 e. The number of hydrogen-bond donors (Lipinski definition) is 0. The molecule has 2 aromatic carbocycles. The van der Waals surface area contributed by atoms with Crippen molar-refractivity contribution in [3.8, 4) is 11.5 Å². The van der Waals surface area contributed by atoms with Gasteiger partial charge in [-0.15, -0.1) is 0 Å². The standard InChI is InChI=1S/C19H16N2O5/c1-20-18(23)13-4-2-3-5-14(13)21(19(20)24)11-15(22)12-6-7-16-17(10-12)26-9-8-25-16/h2-7,10H,8-9,11H2,1H3. The Labute approximate surface area is 148 Å². The van der Waals surface area contributed by atoms with Crippen LogP contribution in [0.1, 0.15) is 10.4 Å². The first kappa shape index (κ1) is 16.1. The fourth-order valence-electron chi connectivity index (χ4n) is 3.05. The summed E-state index contributed by atoms with van der Waals surface area (Å²) in [7, 11) is 1.40. The van der Waals surface area contributed by atoms with Crippen LogP contribution in [0.25, 0.3) is 10.9 Å². The van der Waals surface area contributed by atoms with Gasteiger partial charge >= 0.3 is 5.69 Å². The lowest BCUT2D eigenvalue weighted by Crippen LogP contribution is -2.39. The maximum Gasteiger partial charge on any atom is 0.331 e. The summed E-state index contributed by atoms with van der Waals surface area (Å²) in [6.45, 7) is 0.725. The number of ether oxygens (including phenoxy) is 2. The summed E-state index contributed by atoms with van der Waals surface area (Å²) in [6, 6.07) is 11.7. The van der Waals surface area contributed by atoms with E-state index in [1.807, 2.05) is 0 Å². The molecule has 3 aromatic rings. The topological polar surface area (TPSA) is 79.5 Å². The number of hydrogen-bond acceptors (Lipinski definition) is 5. The van der Waals surface area contributed by atoms with E-state index in [1.54, 1.807) is 42.5 Å². The number of aromatic nitrogens is 2. The van der Waals surface area contributed by atoms with Crippen LogP contribution < -0.4 is 20.7 Å². The number of carbonyl (C=O) groups is 1. The van der Waals surface area contributed by atoms with Crippen molar-refractivity contribution in [3.05, 3.63) is 68.9 Å². The molecular weight excluding hydrogens is 336 g/mol. The Hall–Kier alpha value is -3.35. The van der Waals surface area contributed by atoms with Crippen LogP contribution in [-0.4, -0.2) is 28.1 Å². The molecule has 0 amide bonds. The number of para-hydroxylation sites is 1. The second kappa shape index (κ2) is 6.18. The van der Waals surface area contributed by atoms with Crippen molar-refractivity contribution in [2.75, 3.05) is 13.2 Å². The van der Waals surface area contributed by atoms with E-state index >= 15 is 0 Å². The molecule has 7 nitrogen and oxygen atoms in total. The third kappa shape index (κ3) is 2.57. The minimum atomic E-state index is -0.528. The molecule has 1 aliphatic heterocycles. The molecule has 26 heavy (non-hydrogen) atoms. The average Bonchev–Trinajstić information content (AvgIpc) is 2.69. The Kier molecular flexibility index (Phi) is 3.84. The number of ketones is 1. The number of rotatable bonds is 3. The van der Waals surface area contributed by atoms with Gasteiger partial charge in [-0.1, -0.05) is 12.1 Å². The van der Waals surface area contributed by atoms with E-state index in [-0.39, 0.29) is 17.9 Å². The van der Waals surface area contributed by atoms with E-state index in [0.717, 1.165) is 4.57 Å². The molecular formula is C19H16N2O5. The van der Waals surface area contributed by atoms with Crippen molar-refractivity contribution in [2.45, 2.75) is 6.54 Å². The third-order valence-electron chi connectivity index (χ3n) is 4.41. The van der Waals surface area contributed by atoms with Gasteiger partial charge in [0.2, 0.25) is 0 Å². The molecule has 0 fully saturated rings. The van der Waals surface area contributed by atoms with Gasteiger partial charge in [0, 0.05) is 12.6 Å². The average molecular weight is 352 g/mol. The molecule has 0 N–H and O–H groups in total. The molecule has 132 valence electrons. The predicted octanol–water partition coefficient (Wildman–Crippen LogP) is 1.35. The van der Waals surface area contributed by atoms with Gasteiger partial charge in [0.25, 0.3) is 5.56 Å². The highest BCUT2D eigenvalue weighted by Gasteiger charge is 2.17. The van der Waals surface area contributed by atoms with Crippen LogP contribution in [0, 0.1) is 0 Å². The lowest BCUT2D eigenvalue weighted by molar-refractivity contribution is 0.0970. The van der Waals surface area contributed by atoms with E-state index < -0.39 is 5.69 Å². The highest BCUT2D eigenvalue weighted by molar-refractivity contribution is 5.97. The van der Waals surface area contributed by atoms with E-state index in [2.05, 4.69) is 0 Å². The molecule has 0 unspecified atom stereocenters. The SMILES string of the molecule is Cn1c(=O)c2ccccc2n(CC(=O)c2ccc3c(c2)OCCO3)c1=O. The smallest absolute Gasteiger partial charge is 0.331 e. The minimum absolute atomic E-state index is 0.174. The van der Waals surface area contributed by atoms with Gasteiger partial charge in [-0.05, 0) is 30.3 Å². The van der Waals surface area contributed by atoms with Crippen molar-refractivity contribution >= 4 is 16.7 Å². The van der Waals surface area contributed by atoms with E-state index in [0.29, 0.717) is 41.2 Å². The summed E-state index contributed by atoms with van der Waals surface area (Å²) in [4.78, 5) is 37.5. The molecule has 0 saturated heterocycles. The van der Waals surface area contributed by atoms with Crippen molar-refractivity contribution in [1.29, 1.82) is 0 Å². The lowest BCUT2D eigenvalue weighted by Gasteiger charge is -2.18. The molecule has 0 atom stereocenters. The Morgan fingerprint density at radius 3 is 2.58 bits per heavy atom. The van der Waals surface area contributed by atoms with Crippen LogP contribution in [-0.2, 0) is 13.6 Å². The van der Waals surface area contributed by atoms with Crippen molar-refractivity contribution in [1.82, 2.24) is 9.13 Å². The Morgan fingerprint density at radius 2 is 1.77 bits per heavy atom. The number of carbonyl (C=O) groups excluding carboxylic acids is 1. The fourth-order valence-corrected chi connectivity index (χ4v) is 3.05. The molecule has 0 radical (unpaired) electrons. The van der Waals surface area contributed by atoms with Crippen LogP contribution in [0.3, 0.4) is 0 Å². The molecule has 0 saturated carbocycles. The zero-order valence-electron chi connectivity index (χ0n) is 14.1. The first-order valence-corrected chi connectivity index (χ1v) is 8.17. The number of Topliss-reactive ketones (excluding diaryl/α,β-unsaturated/α-hetero) is 1. The van der Waals surface area contributed by atoms with E-state index in [1.165, 1.54) is 11.6 Å². The Morgan fingerprint density at radius 1 is 1.04 bits per heavy atom. The number of benzene rings is 2. The van der Waals surface area contributed by atoms with Crippen molar-refractivity contribution in [2.24, 2.45) is 7.05 Å². The normalized spacial score (nSPS) is 13.0. The predicted molar refractivity (Wildman–Crippen MR) is 95.2 cm³/mol. The molecule has 1 aromatic heterocycles. The summed E-state index contributed by atoms with van der Waals surface area (Å²) in [5, 5.41) is 0.393. The molecule has 4 rings (SSSR count). The highest BCUT2D eigenvalue weighted by atomic mass is 16.6. The maximum atomic E-state index is 12.7. The molecule has 0 spiro atoms. The fraction of sp³-hybridized carbons (Fsp3) is 0.211.